The molecule has 4 nitrogen and oxygen atoms in total. The molecule has 0 saturated heterocycles. The zero-order chi connectivity index (χ0) is 17.6. The Balaban J connectivity index is 1.90. The van der Waals surface area contributed by atoms with Crippen molar-refractivity contribution in [3.63, 3.8) is 0 Å². The fourth-order valence-electron chi connectivity index (χ4n) is 2.58. The van der Waals surface area contributed by atoms with Gasteiger partial charge in [0.05, 0.1) is 16.9 Å². The van der Waals surface area contributed by atoms with E-state index in [0.29, 0.717) is 10.6 Å². The van der Waals surface area contributed by atoms with Crippen LogP contribution in [0.4, 0.5) is 17.1 Å². The Morgan fingerprint density at radius 2 is 1.72 bits per heavy atom. The minimum Gasteiger partial charge on any atom is -0.343 e. The number of anilines is 3. The second-order valence-corrected chi connectivity index (χ2v) is 6.22. The highest BCUT2D eigenvalue weighted by molar-refractivity contribution is 7.98. The van der Waals surface area contributed by atoms with Gasteiger partial charge in [-0.2, -0.15) is 0 Å². The van der Waals surface area contributed by atoms with Crippen molar-refractivity contribution in [3.05, 3.63) is 78.5 Å². The van der Waals surface area contributed by atoms with Gasteiger partial charge in [0.15, 0.2) is 0 Å². The third-order valence-electron chi connectivity index (χ3n) is 3.87. The monoisotopic (exact) mass is 349 g/mol. The fourth-order valence-corrected chi connectivity index (χ4v) is 3.13. The van der Waals surface area contributed by atoms with Crippen LogP contribution in [0.2, 0.25) is 0 Å². The molecule has 0 aliphatic heterocycles. The zero-order valence-corrected chi connectivity index (χ0v) is 15.0. The summed E-state index contributed by atoms with van der Waals surface area (Å²) in [7, 11) is 1.98. The summed E-state index contributed by atoms with van der Waals surface area (Å²) in [5, 5.41) is 3.73. The molecule has 5 heteroatoms. The van der Waals surface area contributed by atoms with Gasteiger partial charge in [0.2, 0.25) is 0 Å². The molecule has 1 heterocycles. The Hall–Kier alpha value is -2.79. The van der Waals surface area contributed by atoms with Crippen molar-refractivity contribution in [1.82, 2.24) is 4.98 Å². The van der Waals surface area contributed by atoms with E-state index in [-0.39, 0.29) is 5.91 Å². The highest BCUT2D eigenvalue weighted by Gasteiger charge is 2.15. The summed E-state index contributed by atoms with van der Waals surface area (Å²) in [6, 6.07) is 21.4. The lowest BCUT2D eigenvalue weighted by molar-refractivity contribution is 0.102. The van der Waals surface area contributed by atoms with Crippen molar-refractivity contribution in [3.8, 4) is 0 Å². The van der Waals surface area contributed by atoms with E-state index in [0.717, 1.165) is 17.1 Å². The Kier molecular flexibility index (Phi) is 5.36. The van der Waals surface area contributed by atoms with E-state index in [4.69, 9.17) is 0 Å². The lowest BCUT2D eigenvalue weighted by atomic mass is 10.2. The zero-order valence-electron chi connectivity index (χ0n) is 14.1. The van der Waals surface area contributed by atoms with Crippen LogP contribution in [-0.2, 0) is 0 Å². The van der Waals surface area contributed by atoms with Crippen LogP contribution >= 0.6 is 11.8 Å². The van der Waals surface area contributed by atoms with Crippen molar-refractivity contribution in [1.29, 1.82) is 0 Å². The lowest BCUT2D eigenvalue weighted by Gasteiger charge is -2.23. The minimum absolute atomic E-state index is 0.161. The van der Waals surface area contributed by atoms with Crippen LogP contribution in [0.3, 0.4) is 0 Å². The quantitative estimate of drug-likeness (QED) is 0.671. The predicted molar refractivity (Wildman–Crippen MR) is 105 cm³/mol. The maximum Gasteiger partial charge on any atom is 0.258 e. The Morgan fingerprint density at radius 3 is 2.48 bits per heavy atom. The van der Waals surface area contributed by atoms with E-state index in [2.05, 4.69) is 10.3 Å². The van der Waals surface area contributed by atoms with Crippen LogP contribution in [0.5, 0.6) is 0 Å². The molecule has 0 aliphatic carbocycles. The van der Waals surface area contributed by atoms with Crippen molar-refractivity contribution in [2.45, 2.75) is 5.03 Å². The summed E-state index contributed by atoms with van der Waals surface area (Å²) in [4.78, 5) is 19.0. The van der Waals surface area contributed by atoms with E-state index in [1.165, 1.54) is 11.8 Å². The molecule has 25 heavy (non-hydrogen) atoms. The minimum atomic E-state index is -0.161. The van der Waals surface area contributed by atoms with Crippen molar-refractivity contribution in [2.75, 3.05) is 23.5 Å². The van der Waals surface area contributed by atoms with Gasteiger partial charge < -0.3 is 10.2 Å². The third kappa shape index (κ3) is 3.83. The number of rotatable bonds is 5. The summed E-state index contributed by atoms with van der Waals surface area (Å²) in [5.74, 6) is -0.161. The summed E-state index contributed by atoms with van der Waals surface area (Å²) in [6.45, 7) is 0. The number of benzene rings is 2. The second-order valence-electron chi connectivity index (χ2n) is 5.43. The molecule has 126 valence electrons. The number of aromatic nitrogens is 1. The lowest BCUT2D eigenvalue weighted by Crippen LogP contribution is -2.17. The van der Waals surface area contributed by atoms with Crippen molar-refractivity contribution >= 4 is 34.7 Å². The molecule has 0 saturated carbocycles. The van der Waals surface area contributed by atoms with E-state index in [1.54, 1.807) is 18.3 Å². The summed E-state index contributed by atoms with van der Waals surface area (Å²) in [6.07, 6.45) is 3.61. The number of nitrogens with one attached hydrogen (secondary N) is 1. The maximum absolute atomic E-state index is 12.7. The standard InChI is InChI=1S/C20H19N3OS/c1-23(15-9-4-3-5-10-15)18-13-7-6-12-17(18)22-19(24)16-11-8-14-21-20(16)25-2/h3-14H,1-2H3,(H,22,24). The number of carbonyl (C=O) groups is 1. The number of nitrogens with zero attached hydrogens (tertiary/aromatic N) is 2. The van der Waals surface area contributed by atoms with Gasteiger partial charge in [0.1, 0.15) is 5.03 Å². The number of amides is 1. The molecule has 1 amide bonds. The number of carbonyl (C=O) groups excluding carboxylic acids is 1. The van der Waals surface area contributed by atoms with Crippen LogP contribution in [0, 0.1) is 0 Å². The Morgan fingerprint density at radius 1 is 1.00 bits per heavy atom. The highest BCUT2D eigenvalue weighted by atomic mass is 32.2. The number of thioether (sulfide) groups is 1. The molecule has 0 atom stereocenters. The summed E-state index contributed by atoms with van der Waals surface area (Å²) in [5.41, 5.74) is 3.31. The van der Waals surface area contributed by atoms with E-state index in [9.17, 15) is 4.79 Å². The second kappa shape index (κ2) is 7.85. The van der Waals surface area contributed by atoms with Gasteiger partial charge in [0, 0.05) is 18.9 Å². The van der Waals surface area contributed by atoms with Gasteiger partial charge in [-0.3, -0.25) is 4.79 Å². The van der Waals surface area contributed by atoms with Crippen LogP contribution in [0.25, 0.3) is 0 Å². The topological polar surface area (TPSA) is 45.2 Å². The average Bonchev–Trinajstić information content (AvgIpc) is 2.68. The van der Waals surface area contributed by atoms with Crippen LogP contribution < -0.4 is 10.2 Å². The van der Waals surface area contributed by atoms with Gasteiger partial charge in [0.25, 0.3) is 5.91 Å². The molecule has 2 aromatic carbocycles. The van der Waals surface area contributed by atoms with E-state index < -0.39 is 0 Å². The van der Waals surface area contributed by atoms with Gasteiger partial charge in [-0.05, 0) is 42.7 Å². The molecule has 3 aromatic rings. The van der Waals surface area contributed by atoms with E-state index in [1.807, 2.05) is 72.8 Å². The normalized spacial score (nSPS) is 10.3. The van der Waals surface area contributed by atoms with E-state index >= 15 is 0 Å². The predicted octanol–water partition coefficient (Wildman–Crippen LogP) is 4.82. The number of hydrogen-bond acceptors (Lipinski definition) is 4. The van der Waals surface area contributed by atoms with Gasteiger partial charge in [-0.1, -0.05) is 30.3 Å². The first-order chi connectivity index (χ1) is 12.2. The SMILES string of the molecule is CSc1ncccc1C(=O)Nc1ccccc1N(C)c1ccccc1. The molecule has 0 fully saturated rings. The molecule has 3 rings (SSSR count). The third-order valence-corrected chi connectivity index (χ3v) is 4.58. The Labute approximate surface area is 151 Å². The Bertz CT molecular complexity index is 868. The molecule has 0 radical (unpaired) electrons. The largest absolute Gasteiger partial charge is 0.343 e. The van der Waals surface area contributed by atoms with Crippen molar-refractivity contribution in [2.24, 2.45) is 0 Å². The molecule has 1 aromatic heterocycles. The fraction of sp³-hybridized carbons (Fsp3) is 0.100. The highest BCUT2D eigenvalue weighted by Crippen LogP contribution is 2.31. The first-order valence-corrected chi connectivity index (χ1v) is 9.11. The van der Waals surface area contributed by atoms with Crippen LogP contribution in [0.15, 0.2) is 78.0 Å². The van der Waals surface area contributed by atoms with Gasteiger partial charge in [-0.25, -0.2) is 4.98 Å². The molecular weight excluding hydrogens is 330 g/mol. The average molecular weight is 349 g/mol. The molecule has 0 spiro atoms. The molecule has 0 bridgehead atoms. The first-order valence-electron chi connectivity index (χ1n) is 7.89. The molecular formula is C20H19N3OS. The summed E-state index contributed by atoms with van der Waals surface area (Å²) < 4.78 is 0. The molecule has 0 aliphatic rings. The first kappa shape index (κ1) is 17.0. The number of hydrogen-bond donors (Lipinski definition) is 1. The smallest absolute Gasteiger partial charge is 0.258 e. The van der Waals surface area contributed by atoms with Crippen LogP contribution in [-0.4, -0.2) is 24.2 Å². The summed E-state index contributed by atoms with van der Waals surface area (Å²) >= 11 is 1.46. The number of para-hydroxylation sites is 3. The molecule has 1 N–H and O–H groups in total. The maximum atomic E-state index is 12.7. The van der Waals surface area contributed by atoms with Gasteiger partial charge >= 0.3 is 0 Å². The molecule has 0 unspecified atom stereocenters. The van der Waals surface area contributed by atoms with Crippen molar-refractivity contribution < 1.29 is 4.79 Å². The number of pyridine rings is 1. The van der Waals surface area contributed by atoms with Gasteiger partial charge in [-0.15, -0.1) is 11.8 Å². The van der Waals surface area contributed by atoms with Crippen LogP contribution in [0.1, 0.15) is 10.4 Å².